The molecule has 1 N–H and O–H groups in total. The molecule has 0 aliphatic carbocycles. The number of benzene rings is 1. The van der Waals surface area contributed by atoms with Gasteiger partial charge in [-0.05, 0) is 34.1 Å². The number of pyridine rings is 1. The van der Waals surface area contributed by atoms with Crippen LogP contribution in [0.2, 0.25) is 0 Å². The second kappa shape index (κ2) is 6.43. The van der Waals surface area contributed by atoms with Crippen molar-refractivity contribution < 1.29 is 9.47 Å². The molecule has 0 radical (unpaired) electrons. The first kappa shape index (κ1) is 13.7. The van der Waals surface area contributed by atoms with E-state index in [1.165, 1.54) is 0 Å². The standard InChI is InChI=1S/C14H15BrN2O2/c1-18-13-8-11(5-6-12(13)15)17-9-10-4-3-7-16-14(10)19-2/h3-8,17H,9H2,1-2H3. The van der Waals surface area contributed by atoms with Crippen molar-refractivity contribution in [3.05, 3.63) is 46.6 Å². The normalized spacial score (nSPS) is 10.1. The van der Waals surface area contributed by atoms with E-state index in [1.807, 2.05) is 30.3 Å². The third kappa shape index (κ3) is 3.38. The summed E-state index contributed by atoms with van der Waals surface area (Å²) >= 11 is 3.43. The van der Waals surface area contributed by atoms with Crippen molar-refractivity contribution in [1.29, 1.82) is 0 Å². The molecule has 2 aromatic rings. The molecule has 1 heterocycles. The first-order valence-corrected chi connectivity index (χ1v) is 6.59. The van der Waals surface area contributed by atoms with Crippen LogP contribution in [0.4, 0.5) is 5.69 Å². The van der Waals surface area contributed by atoms with Crippen molar-refractivity contribution in [3.8, 4) is 11.6 Å². The van der Waals surface area contributed by atoms with Crippen LogP contribution < -0.4 is 14.8 Å². The molecular formula is C14H15BrN2O2. The summed E-state index contributed by atoms with van der Waals surface area (Å²) in [6.07, 6.45) is 1.71. The number of ether oxygens (including phenoxy) is 2. The van der Waals surface area contributed by atoms with Gasteiger partial charge in [0.2, 0.25) is 5.88 Å². The molecule has 4 nitrogen and oxygen atoms in total. The Morgan fingerprint density at radius 2 is 2.05 bits per heavy atom. The lowest BCUT2D eigenvalue weighted by atomic mass is 10.2. The summed E-state index contributed by atoms with van der Waals surface area (Å²) in [4.78, 5) is 4.16. The molecule has 0 bridgehead atoms. The summed E-state index contributed by atoms with van der Waals surface area (Å²) in [5.41, 5.74) is 1.98. The quantitative estimate of drug-likeness (QED) is 0.915. The molecule has 0 saturated carbocycles. The van der Waals surface area contributed by atoms with Crippen LogP contribution in [0.3, 0.4) is 0 Å². The van der Waals surface area contributed by atoms with Crippen molar-refractivity contribution in [2.75, 3.05) is 19.5 Å². The number of methoxy groups -OCH3 is 2. The first-order valence-electron chi connectivity index (χ1n) is 5.80. The third-order valence-corrected chi connectivity index (χ3v) is 3.33. The lowest BCUT2D eigenvalue weighted by Gasteiger charge is -2.11. The number of rotatable bonds is 5. The molecule has 2 rings (SSSR count). The molecule has 0 unspecified atom stereocenters. The average Bonchev–Trinajstić information content (AvgIpc) is 2.46. The van der Waals surface area contributed by atoms with Gasteiger partial charge in [0.05, 0.1) is 18.7 Å². The van der Waals surface area contributed by atoms with Gasteiger partial charge in [0.15, 0.2) is 0 Å². The number of nitrogens with one attached hydrogen (secondary N) is 1. The van der Waals surface area contributed by atoms with Crippen LogP contribution in [-0.2, 0) is 6.54 Å². The van der Waals surface area contributed by atoms with Crippen LogP contribution in [-0.4, -0.2) is 19.2 Å². The summed E-state index contributed by atoms with van der Waals surface area (Å²) in [5, 5.41) is 3.32. The summed E-state index contributed by atoms with van der Waals surface area (Å²) in [6.45, 7) is 0.641. The molecule has 0 amide bonds. The predicted molar refractivity (Wildman–Crippen MR) is 78.8 cm³/mol. The monoisotopic (exact) mass is 322 g/mol. The molecule has 1 aromatic carbocycles. The van der Waals surface area contributed by atoms with Crippen LogP contribution in [0, 0.1) is 0 Å². The van der Waals surface area contributed by atoms with Gasteiger partial charge < -0.3 is 14.8 Å². The fourth-order valence-electron chi connectivity index (χ4n) is 1.71. The molecule has 0 spiro atoms. The number of anilines is 1. The zero-order valence-corrected chi connectivity index (χ0v) is 12.4. The number of nitrogens with zero attached hydrogens (tertiary/aromatic N) is 1. The van der Waals surface area contributed by atoms with Crippen LogP contribution in [0.15, 0.2) is 41.0 Å². The highest BCUT2D eigenvalue weighted by Gasteiger charge is 2.04. The van der Waals surface area contributed by atoms with Gasteiger partial charge in [-0.15, -0.1) is 0 Å². The van der Waals surface area contributed by atoms with E-state index in [9.17, 15) is 0 Å². The van der Waals surface area contributed by atoms with E-state index in [4.69, 9.17) is 9.47 Å². The van der Waals surface area contributed by atoms with Crippen molar-refractivity contribution >= 4 is 21.6 Å². The maximum absolute atomic E-state index is 5.26. The summed E-state index contributed by atoms with van der Waals surface area (Å²) in [5.74, 6) is 1.43. The Morgan fingerprint density at radius 3 is 2.79 bits per heavy atom. The molecule has 0 saturated heterocycles. The Bertz CT molecular complexity index is 561. The molecular weight excluding hydrogens is 308 g/mol. The first-order chi connectivity index (χ1) is 9.24. The van der Waals surface area contributed by atoms with Crippen LogP contribution in [0.1, 0.15) is 5.56 Å². The molecule has 1 aromatic heterocycles. The molecule has 0 aliphatic heterocycles. The highest BCUT2D eigenvalue weighted by atomic mass is 79.9. The minimum absolute atomic E-state index is 0.638. The highest BCUT2D eigenvalue weighted by Crippen LogP contribution is 2.28. The maximum Gasteiger partial charge on any atom is 0.218 e. The highest BCUT2D eigenvalue weighted by molar-refractivity contribution is 9.10. The van der Waals surface area contributed by atoms with Gasteiger partial charge in [-0.1, -0.05) is 6.07 Å². The van der Waals surface area contributed by atoms with E-state index in [2.05, 4.69) is 26.2 Å². The zero-order chi connectivity index (χ0) is 13.7. The Balaban J connectivity index is 2.10. The fraction of sp³-hybridized carbons (Fsp3) is 0.214. The number of aromatic nitrogens is 1. The Labute approximate surface area is 120 Å². The van der Waals surface area contributed by atoms with E-state index in [-0.39, 0.29) is 0 Å². The van der Waals surface area contributed by atoms with E-state index >= 15 is 0 Å². The molecule has 0 aliphatic rings. The van der Waals surface area contributed by atoms with Crippen molar-refractivity contribution in [3.63, 3.8) is 0 Å². The molecule has 5 heteroatoms. The predicted octanol–water partition coefficient (Wildman–Crippen LogP) is 3.47. The van der Waals surface area contributed by atoms with Gasteiger partial charge in [0.1, 0.15) is 5.75 Å². The second-order valence-electron chi connectivity index (χ2n) is 3.87. The van der Waals surface area contributed by atoms with Gasteiger partial charge in [0, 0.05) is 30.1 Å². The van der Waals surface area contributed by atoms with Gasteiger partial charge in [-0.2, -0.15) is 0 Å². The fourth-order valence-corrected chi connectivity index (χ4v) is 2.12. The van der Waals surface area contributed by atoms with Gasteiger partial charge >= 0.3 is 0 Å². The lowest BCUT2D eigenvalue weighted by molar-refractivity contribution is 0.393. The molecule has 0 atom stereocenters. The largest absolute Gasteiger partial charge is 0.495 e. The second-order valence-corrected chi connectivity index (χ2v) is 4.73. The SMILES string of the molecule is COc1cc(NCc2cccnc2OC)ccc1Br. The maximum atomic E-state index is 5.26. The van der Waals surface area contributed by atoms with E-state index in [0.717, 1.165) is 21.5 Å². The minimum Gasteiger partial charge on any atom is -0.495 e. The van der Waals surface area contributed by atoms with Crippen LogP contribution in [0.25, 0.3) is 0 Å². The van der Waals surface area contributed by atoms with Gasteiger partial charge in [-0.3, -0.25) is 0 Å². The molecule has 0 fully saturated rings. The molecule has 19 heavy (non-hydrogen) atoms. The number of halogens is 1. The van der Waals surface area contributed by atoms with Crippen LogP contribution in [0.5, 0.6) is 11.6 Å². The van der Waals surface area contributed by atoms with E-state index in [0.29, 0.717) is 12.4 Å². The van der Waals surface area contributed by atoms with E-state index < -0.39 is 0 Å². The smallest absolute Gasteiger partial charge is 0.218 e. The van der Waals surface area contributed by atoms with Crippen molar-refractivity contribution in [2.45, 2.75) is 6.54 Å². The average molecular weight is 323 g/mol. The van der Waals surface area contributed by atoms with Crippen molar-refractivity contribution in [2.24, 2.45) is 0 Å². The van der Waals surface area contributed by atoms with Gasteiger partial charge in [-0.25, -0.2) is 4.98 Å². The van der Waals surface area contributed by atoms with Crippen molar-refractivity contribution in [1.82, 2.24) is 4.98 Å². The van der Waals surface area contributed by atoms with Gasteiger partial charge in [0.25, 0.3) is 0 Å². The number of hydrogen-bond acceptors (Lipinski definition) is 4. The summed E-state index contributed by atoms with van der Waals surface area (Å²) in [7, 11) is 3.27. The Morgan fingerprint density at radius 1 is 1.21 bits per heavy atom. The lowest BCUT2D eigenvalue weighted by Crippen LogP contribution is -2.03. The summed E-state index contributed by atoms with van der Waals surface area (Å²) in [6, 6.07) is 9.74. The zero-order valence-electron chi connectivity index (χ0n) is 10.8. The topological polar surface area (TPSA) is 43.4 Å². The number of hydrogen-bond donors (Lipinski definition) is 1. The Hall–Kier alpha value is -1.75. The Kier molecular flexibility index (Phi) is 4.63. The van der Waals surface area contributed by atoms with E-state index in [1.54, 1.807) is 20.4 Å². The minimum atomic E-state index is 0.638. The molecule has 100 valence electrons. The summed E-state index contributed by atoms with van der Waals surface area (Å²) < 4.78 is 11.4. The third-order valence-electron chi connectivity index (χ3n) is 2.68. The van der Waals surface area contributed by atoms with Crippen LogP contribution >= 0.6 is 15.9 Å².